The van der Waals surface area contributed by atoms with E-state index in [2.05, 4.69) is 18.6 Å². The number of hydrogen-bond acceptors (Lipinski definition) is 1. The Kier molecular flexibility index (Phi) is 8.25. The van der Waals surface area contributed by atoms with Crippen molar-refractivity contribution in [1.82, 2.24) is 0 Å². The molecule has 2 aromatic carbocycles. The topological polar surface area (TPSA) is 9.23 Å². The van der Waals surface area contributed by atoms with E-state index in [1.165, 1.54) is 0 Å². The van der Waals surface area contributed by atoms with Crippen molar-refractivity contribution in [2.24, 2.45) is 17.8 Å². The number of halogens is 6. The minimum Gasteiger partial charge on any atom is -0.429 e. The van der Waals surface area contributed by atoms with Crippen LogP contribution in [0.4, 0.5) is 26.3 Å². The Hall–Kier alpha value is -2.18. The van der Waals surface area contributed by atoms with Crippen molar-refractivity contribution in [2.45, 2.75) is 90.1 Å². The third kappa shape index (κ3) is 6.20. The molecule has 2 aromatic rings. The van der Waals surface area contributed by atoms with Gasteiger partial charge in [-0.15, -0.1) is 0 Å². The fourth-order valence-electron chi connectivity index (χ4n) is 5.74. The van der Waals surface area contributed by atoms with E-state index < -0.39 is 40.7 Å². The predicted molar refractivity (Wildman–Crippen MR) is 127 cm³/mol. The van der Waals surface area contributed by atoms with Crippen LogP contribution in [-0.4, -0.2) is 0 Å². The molecular formula is C29H34F6O. The second-order valence-corrected chi connectivity index (χ2v) is 11.0. The van der Waals surface area contributed by atoms with Crippen molar-refractivity contribution in [1.29, 1.82) is 0 Å². The van der Waals surface area contributed by atoms with Crippen molar-refractivity contribution in [2.75, 3.05) is 0 Å². The van der Waals surface area contributed by atoms with Crippen LogP contribution in [0.15, 0.2) is 24.3 Å². The highest BCUT2D eigenvalue weighted by Gasteiger charge is 2.42. The summed E-state index contributed by atoms with van der Waals surface area (Å²) in [5.74, 6) is -4.24. The molecular weight excluding hydrogens is 478 g/mol. The molecule has 0 unspecified atom stereocenters. The highest BCUT2D eigenvalue weighted by atomic mass is 19.3. The van der Waals surface area contributed by atoms with Crippen LogP contribution in [0.1, 0.15) is 94.2 Å². The molecule has 0 aliphatic heterocycles. The van der Waals surface area contributed by atoms with Gasteiger partial charge in [-0.1, -0.05) is 52.4 Å². The molecule has 0 aromatic heterocycles. The van der Waals surface area contributed by atoms with Gasteiger partial charge in [0.1, 0.15) is 34.6 Å². The maximum absolute atomic E-state index is 14.8. The highest BCUT2D eigenvalue weighted by molar-refractivity contribution is 5.34. The summed E-state index contributed by atoms with van der Waals surface area (Å²) in [6.45, 7) is 4.29. The third-order valence-electron chi connectivity index (χ3n) is 8.14. The molecule has 2 fully saturated rings. The predicted octanol–water partition coefficient (Wildman–Crippen LogP) is 9.42. The van der Waals surface area contributed by atoms with Crippen molar-refractivity contribution < 1.29 is 31.1 Å². The standard InChI is InChI=1S/C29H34F6O/c1-17-3-7-19(8-4-17)9-12-23-24(30)15-22(16-25(23)31)36-29(34,35)28-26(32)13-21(14-27(28)33)20-10-5-18(2)6-11-20/h13-20H,3-12H2,1-2H3. The van der Waals surface area contributed by atoms with Gasteiger partial charge in [0.15, 0.2) is 0 Å². The van der Waals surface area contributed by atoms with Crippen LogP contribution in [0.5, 0.6) is 5.75 Å². The van der Waals surface area contributed by atoms with Crippen LogP contribution in [0.3, 0.4) is 0 Å². The zero-order valence-electron chi connectivity index (χ0n) is 20.9. The quantitative estimate of drug-likeness (QED) is 0.336. The molecule has 0 heterocycles. The molecule has 0 atom stereocenters. The van der Waals surface area contributed by atoms with Crippen molar-refractivity contribution in [3.63, 3.8) is 0 Å². The second-order valence-electron chi connectivity index (χ2n) is 11.0. The van der Waals surface area contributed by atoms with Crippen LogP contribution >= 0.6 is 0 Å². The Labute approximate surface area is 209 Å². The molecule has 7 heteroatoms. The average Bonchev–Trinajstić information content (AvgIpc) is 2.79. The molecule has 2 aliphatic carbocycles. The van der Waals surface area contributed by atoms with Crippen LogP contribution < -0.4 is 4.74 Å². The molecule has 0 spiro atoms. The average molecular weight is 513 g/mol. The molecule has 2 saturated carbocycles. The first-order valence-electron chi connectivity index (χ1n) is 13.1. The maximum atomic E-state index is 14.8. The number of benzene rings is 2. The Morgan fingerprint density at radius 1 is 0.722 bits per heavy atom. The molecule has 198 valence electrons. The summed E-state index contributed by atoms with van der Waals surface area (Å²) in [4.78, 5) is 0. The van der Waals surface area contributed by atoms with Gasteiger partial charge in [0.2, 0.25) is 0 Å². The third-order valence-corrected chi connectivity index (χ3v) is 8.14. The monoisotopic (exact) mass is 512 g/mol. The lowest BCUT2D eigenvalue weighted by atomic mass is 9.79. The molecule has 1 nitrogen and oxygen atoms in total. The Morgan fingerprint density at radius 2 is 1.22 bits per heavy atom. The Balaban J connectivity index is 1.47. The van der Waals surface area contributed by atoms with Crippen molar-refractivity contribution in [3.05, 3.63) is 64.2 Å². The van der Waals surface area contributed by atoms with Gasteiger partial charge >= 0.3 is 6.11 Å². The van der Waals surface area contributed by atoms with Gasteiger partial charge in [0.05, 0.1) is 0 Å². The second kappa shape index (κ2) is 11.1. The van der Waals surface area contributed by atoms with E-state index in [0.717, 1.165) is 63.5 Å². The SMILES string of the molecule is CC1CCC(CCc2c(F)cc(OC(F)(F)c3c(F)cc(C4CCC(C)CC4)cc3F)cc2F)CC1. The van der Waals surface area contributed by atoms with Crippen LogP contribution in [0, 0.1) is 41.0 Å². The van der Waals surface area contributed by atoms with E-state index in [9.17, 15) is 26.3 Å². The molecule has 36 heavy (non-hydrogen) atoms. The summed E-state index contributed by atoms with van der Waals surface area (Å²) in [6.07, 6.45) is 3.78. The largest absolute Gasteiger partial charge is 0.432 e. The van der Waals surface area contributed by atoms with E-state index in [1.54, 1.807) is 0 Å². The van der Waals surface area contributed by atoms with Gasteiger partial charge in [0.25, 0.3) is 0 Å². The molecule has 0 bridgehead atoms. The van der Waals surface area contributed by atoms with E-state index >= 15 is 0 Å². The highest BCUT2D eigenvalue weighted by Crippen LogP contribution is 2.40. The van der Waals surface area contributed by atoms with E-state index in [-0.39, 0.29) is 17.9 Å². The minimum atomic E-state index is -4.45. The summed E-state index contributed by atoms with van der Waals surface area (Å²) in [5, 5.41) is 0. The molecule has 2 aliphatic rings. The lowest BCUT2D eigenvalue weighted by molar-refractivity contribution is -0.189. The first kappa shape index (κ1) is 26.9. The van der Waals surface area contributed by atoms with Gasteiger partial charge in [-0.2, -0.15) is 8.78 Å². The molecule has 4 rings (SSSR count). The summed E-state index contributed by atoms with van der Waals surface area (Å²) < 4.78 is 92.8. The molecule has 0 radical (unpaired) electrons. The first-order chi connectivity index (χ1) is 17.0. The molecule has 0 N–H and O–H groups in total. The number of hydrogen-bond donors (Lipinski definition) is 0. The van der Waals surface area contributed by atoms with Gasteiger partial charge < -0.3 is 4.74 Å². The fraction of sp³-hybridized carbons (Fsp3) is 0.586. The number of alkyl halides is 2. The van der Waals surface area contributed by atoms with Crippen molar-refractivity contribution >= 4 is 0 Å². The molecule has 0 amide bonds. The van der Waals surface area contributed by atoms with Gasteiger partial charge in [-0.3, -0.25) is 0 Å². The summed E-state index contributed by atoms with van der Waals surface area (Å²) in [6, 6.07) is 3.16. The van der Waals surface area contributed by atoms with Gasteiger partial charge in [0, 0.05) is 17.7 Å². The number of rotatable bonds is 7. The normalized spacial score (nSPS) is 25.1. The van der Waals surface area contributed by atoms with Gasteiger partial charge in [-0.25, -0.2) is 17.6 Å². The first-order valence-corrected chi connectivity index (χ1v) is 13.1. The summed E-state index contributed by atoms with van der Waals surface area (Å²) in [7, 11) is 0. The van der Waals surface area contributed by atoms with Crippen LogP contribution in [-0.2, 0) is 12.5 Å². The summed E-state index contributed by atoms with van der Waals surface area (Å²) >= 11 is 0. The lowest BCUT2D eigenvalue weighted by Gasteiger charge is -2.27. The maximum Gasteiger partial charge on any atom is 0.432 e. The van der Waals surface area contributed by atoms with E-state index in [4.69, 9.17) is 0 Å². The van der Waals surface area contributed by atoms with Crippen molar-refractivity contribution in [3.8, 4) is 5.75 Å². The number of ether oxygens (including phenoxy) is 1. The van der Waals surface area contributed by atoms with Crippen LogP contribution in [0.25, 0.3) is 0 Å². The minimum absolute atomic E-state index is 0.0958. The zero-order chi connectivity index (χ0) is 26.0. The summed E-state index contributed by atoms with van der Waals surface area (Å²) in [5.41, 5.74) is -1.41. The van der Waals surface area contributed by atoms with Gasteiger partial charge in [-0.05, 0) is 67.1 Å². The zero-order valence-corrected chi connectivity index (χ0v) is 20.9. The van der Waals surface area contributed by atoms with E-state index in [0.29, 0.717) is 41.9 Å². The molecule has 0 saturated heterocycles. The van der Waals surface area contributed by atoms with Crippen LogP contribution in [0.2, 0.25) is 0 Å². The Morgan fingerprint density at radius 3 is 1.75 bits per heavy atom. The fourth-order valence-corrected chi connectivity index (χ4v) is 5.74. The van der Waals surface area contributed by atoms with E-state index in [1.807, 2.05) is 0 Å². The smallest absolute Gasteiger partial charge is 0.429 e. The Bertz CT molecular complexity index is 1010. The lowest BCUT2D eigenvalue weighted by Crippen LogP contribution is -2.26.